The Kier molecular flexibility index (Phi) is 7.83. The van der Waals surface area contributed by atoms with E-state index in [1.165, 1.54) is 6.08 Å². The lowest BCUT2D eigenvalue weighted by Gasteiger charge is -2.33. The lowest BCUT2D eigenvalue weighted by atomic mass is 10.0. The summed E-state index contributed by atoms with van der Waals surface area (Å²) in [5.41, 5.74) is 3.47. The third-order valence-electron chi connectivity index (χ3n) is 7.84. The number of nitrogens with one attached hydrogen (secondary N) is 2. The predicted molar refractivity (Wildman–Crippen MR) is 163 cm³/mol. The van der Waals surface area contributed by atoms with Crippen LogP contribution in [0, 0.1) is 0 Å². The second-order valence-corrected chi connectivity index (χ2v) is 10.4. The summed E-state index contributed by atoms with van der Waals surface area (Å²) in [6.45, 7) is 8.37. The molecule has 2 aromatic carbocycles. The van der Waals surface area contributed by atoms with Crippen LogP contribution < -0.4 is 25.8 Å². The van der Waals surface area contributed by atoms with E-state index in [0.29, 0.717) is 52.9 Å². The molecule has 0 saturated carbocycles. The summed E-state index contributed by atoms with van der Waals surface area (Å²) in [4.78, 5) is 44.6. The number of rotatable bonds is 7. The average molecular weight is 567 g/mol. The minimum absolute atomic E-state index is 0.150. The van der Waals surface area contributed by atoms with Gasteiger partial charge in [-0.2, -0.15) is 4.98 Å². The number of nitrogens with zero attached hydrogens (tertiary/aromatic N) is 6. The third kappa shape index (κ3) is 5.42. The third-order valence-corrected chi connectivity index (χ3v) is 7.84. The Bertz CT molecular complexity index is 1670. The molecule has 2 fully saturated rings. The standard InChI is InChI=1S/C31H34N8O3/c1-3-27(40)38-15-7-10-23(20-38)39-29-25(34-28(30(39)41)21-8-5-4-6-9-21)19-33-31(36-29)35-24-12-11-22(18-26(24)42-2)37-16-13-32-14-17-37/h3-6,8-9,11-12,18-19,23,32H,1,7,10,13-17,20H2,2H3,(H,33,35,36). The normalized spacial score (nSPS) is 17.2. The van der Waals surface area contributed by atoms with E-state index in [-0.39, 0.29) is 17.5 Å². The number of hydrogen-bond acceptors (Lipinski definition) is 9. The minimum Gasteiger partial charge on any atom is -0.494 e. The van der Waals surface area contributed by atoms with E-state index in [0.717, 1.165) is 44.7 Å². The number of ether oxygens (including phenoxy) is 1. The van der Waals surface area contributed by atoms with Crippen molar-refractivity contribution in [2.45, 2.75) is 18.9 Å². The van der Waals surface area contributed by atoms with Crippen LogP contribution in [0.1, 0.15) is 18.9 Å². The molecule has 2 aliphatic rings. The molecule has 0 spiro atoms. The zero-order valence-electron chi connectivity index (χ0n) is 23.6. The number of methoxy groups -OCH3 is 1. The van der Waals surface area contributed by atoms with Gasteiger partial charge in [-0.15, -0.1) is 0 Å². The maximum absolute atomic E-state index is 14.1. The van der Waals surface area contributed by atoms with Gasteiger partial charge in [0, 0.05) is 56.6 Å². The zero-order valence-corrected chi connectivity index (χ0v) is 23.6. The van der Waals surface area contributed by atoms with Gasteiger partial charge in [0.25, 0.3) is 5.56 Å². The molecule has 0 aliphatic carbocycles. The first-order chi connectivity index (χ1) is 20.6. The molecule has 6 rings (SSSR count). The van der Waals surface area contributed by atoms with Gasteiger partial charge in [-0.05, 0) is 31.1 Å². The second kappa shape index (κ2) is 12.0. The quantitative estimate of drug-likeness (QED) is 0.325. The lowest BCUT2D eigenvalue weighted by Crippen LogP contribution is -2.43. The van der Waals surface area contributed by atoms with E-state index in [2.05, 4.69) is 27.1 Å². The van der Waals surface area contributed by atoms with Gasteiger partial charge in [-0.3, -0.25) is 14.2 Å². The molecular weight excluding hydrogens is 532 g/mol. The molecule has 4 heterocycles. The van der Waals surface area contributed by atoms with Crippen LogP contribution in [-0.2, 0) is 4.79 Å². The number of benzene rings is 2. The highest BCUT2D eigenvalue weighted by atomic mass is 16.5. The Morgan fingerprint density at radius 2 is 1.93 bits per heavy atom. The van der Waals surface area contributed by atoms with Gasteiger partial charge in [-0.25, -0.2) is 9.97 Å². The van der Waals surface area contributed by atoms with Crippen molar-refractivity contribution in [2.75, 3.05) is 56.6 Å². The minimum atomic E-state index is -0.279. The van der Waals surface area contributed by atoms with Crippen LogP contribution in [0.4, 0.5) is 17.3 Å². The van der Waals surface area contributed by atoms with Gasteiger partial charge in [-0.1, -0.05) is 36.9 Å². The SMILES string of the molecule is C=CC(=O)N1CCCC(n2c(=O)c(-c3ccccc3)nc3cnc(Nc4ccc(N5CCNCC5)cc4OC)nc32)C1. The van der Waals surface area contributed by atoms with E-state index in [9.17, 15) is 9.59 Å². The Labute approximate surface area is 243 Å². The molecule has 11 heteroatoms. The van der Waals surface area contributed by atoms with E-state index < -0.39 is 0 Å². The Morgan fingerprint density at radius 1 is 1.12 bits per heavy atom. The van der Waals surface area contributed by atoms with Crippen LogP contribution in [0.2, 0.25) is 0 Å². The van der Waals surface area contributed by atoms with Gasteiger partial charge in [0.15, 0.2) is 5.65 Å². The first kappa shape index (κ1) is 27.4. The molecule has 11 nitrogen and oxygen atoms in total. The van der Waals surface area contributed by atoms with Crippen LogP contribution in [0.3, 0.4) is 0 Å². The number of piperidine rings is 1. The number of carbonyl (C=O) groups is 1. The van der Waals surface area contributed by atoms with Crippen LogP contribution >= 0.6 is 0 Å². The molecule has 2 saturated heterocycles. The van der Waals surface area contributed by atoms with Crippen molar-refractivity contribution in [1.82, 2.24) is 29.7 Å². The highest BCUT2D eigenvalue weighted by Crippen LogP contribution is 2.32. The number of piperazine rings is 1. The Morgan fingerprint density at radius 3 is 2.69 bits per heavy atom. The molecular formula is C31H34N8O3. The molecule has 2 aliphatic heterocycles. The van der Waals surface area contributed by atoms with Crippen LogP contribution in [0.5, 0.6) is 5.75 Å². The molecule has 0 radical (unpaired) electrons. The number of anilines is 3. The predicted octanol–water partition coefficient (Wildman–Crippen LogP) is 3.36. The highest BCUT2D eigenvalue weighted by Gasteiger charge is 2.28. The lowest BCUT2D eigenvalue weighted by molar-refractivity contribution is -0.127. The summed E-state index contributed by atoms with van der Waals surface area (Å²) in [5.74, 6) is 0.825. The molecule has 2 aromatic heterocycles. The smallest absolute Gasteiger partial charge is 0.279 e. The summed E-state index contributed by atoms with van der Waals surface area (Å²) >= 11 is 0. The first-order valence-electron chi connectivity index (χ1n) is 14.2. The average Bonchev–Trinajstić information content (AvgIpc) is 3.05. The van der Waals surface area contributed by atoms with Crippen molar-refractivity contribution in [3.05, 3.63) is 77.7 Å². The maximum atomic E-state index is 14.1. The molecule has 42 heavy (non-hydrogen) atoms. The zero-order chi connectivity index (χ0) is 29.1. The monoisotopic (exact) mass is 566 g/mol. The summed E-state index contributed by atoms with van der Waals surface area (Å²) < 4.78 is 7.40. The van der Waals surface area contributed by atoms with Crippen molar-refractivity contribution in [3.8, 4) is 17.0 Å². The topological polar surface area (TPSA) is 118 Å². The maximum Gasteiger partial charge on any atom is 0.279 e. The molecule has 1 unspecified atom stereocenters. The number of likely N-dealkylation sites (tertiary alicyclic amines) is 1. The van der Waals surface area contributed by atoms with Crippen LogP contribution in [-0.4, -0.2) is 76.7 Å². The Balaban J connectivity index is 1.41. The van der Waals surface area contributed by atoms with Crippen molar-refractivity contribution < 1.29 is 9.53 Å². The molecule has 216 valence electrons. The molecule has 1 amide bonds. The molecule has 0 bridgehead atoms. The molecule has 2 N–H and O–H groups in total. The summed E-state index contributed by atoms with van der Waals surface area (Å²) in [7, 11) is 1.63. The largest absolute Gasteiger partial charge is 0.494 e. The fourth-order valence-corrected chi connectivity index (χ4v) is 5.70. The van der Waals surface area contributed by atoms with Crippen molar-refractivity contribution in [2.24, 2.45) is 0 Å². The number of fused-ring (bicyclic) bond motifs is 1. The number of hydrogen-bond donors (Lipinski definition) is 2. The van der Waals surface area contributed by atoms with E-state index in [4.69, 9.17) is 14.7 Å². The number of aromatic nitrogens is 4. The number of amides is 1. The fraction of sp³-hybridized carbons (Fsp3) is 0.323. The summed E-state index contributed by atoms with van der Waals surface area (Å²) in [6, 6.07) is 15.1. The first-order valence-corrected chi connectivity index (χ1v) is 14.2. The van der Waals surface area contributed by atoms with E-state index in [1.54, 1.807) is 22.8 Å². The van der Waals surface area contributed by atoms with Gasteiger partial charge in [0.1, 0.15) is 17.0 Å². The van der Waals surface area contributed by atoms with E-state index >= 15 is 0 Å². The second-order valence-electron chi connectivity index (χ2n) is 10.4. The van der Waals surface area contributed by atoms with E-state index in [1.807, 2.05) is 48.5 Å². The van der Waals surface area contributed by atoms with Crippen LogP contribution in [0.15, 0.2) is 72.2 Å². The van der Waals surface area contributed by atoms with Crippen molar-refractivity contribution >= 4 is 34.4 Å². The van der Waals surface area contributed by atoms with Crippen molar-refractivity contribution in [1.29, 1.82) is 0 Å². The van der Waals surface area contributed by atoms with Gasteiger partial charge in [0.2, 0.25) is 11.9 Å². The Hall–Kier alpha value is -4.77. The fourth-order valence-electron chi connectivity index (χ4n) is 5.70. The van der Waals surface area contributed by atoms with Gasteiger partial charge in [0.05, 0.1) is 25.0 Å². The summed E-state index contributed by atoms with van der Waals surface area (Å²) in [6.07, 6.45) is 4.43. The van der Waals surface area contributed by atoms with Crippen LogP contribution in [0.25, 0.3) is 22.4 Å². The number of carbonyl (C=O) groups excluding carboxylic acids is 1. The van der Waals surface area contributed by atoms with Crippen molar-refractivity contribution in [3.63, 3.8) is 0 Å². The molecule has 1 atom stereocenters. The highest BCUT2D eigenvalue weighted by molar-refractivity contribution is 5.87. The van der Waals surface area contributed by atoms with Gasteiger partial charge < -0.3 is 25.2 Å². The van der Waals surface area contributed by atoms with Gasteiger partial charge >= 0.3 is 0 Å². The molecule has 4 aromatic rings. The summed E-state index contributed by atoms with van der Waals surface area (Å²) in [5, 5.41) is 6.65.